The van der Waals surface area contributed by atoms with E-state index in [1.54, 1.807) is 30.6 Å². The molecular weight excluding hydrogens is 402 g/mol. The van der Waals surface area contributed by atoms with Gasteiger partial charge in [-0.15, -0.1) is 0 Å². The lowest BCUT2D eigenvalue weighted by atomic mass is 10.1. The molecule has 2 aromatic carbocycles. The van der Waals surface area contributed by atoms with Crippen molar-refractivity contribution in [3.63, 3.8) is 0 Å². The van der Waals surface area contributed by atoms with Crippen LogP contribution in [-0.2, 0) is 11.3 Å². The zero-order valence-corrected chi connectivity index (χ0v) is 17.3. The zero-order valence-electron chi connectivity index (χ0n) is 16.5. The molecule has 1 aromatic heterocycles. The Labute approximate surface area is 178 Å². The van der Waals surface area contributed by atoms with Gasteiger partial charge in [-0.1, -0.05) is 41.6 Å². The molecule has 1 amide bonds. The predicted octanol–water partition coefficient (Wildman–Crippen LogP) is 2.72. The van der Waals surface area contributed by atoms with Gasteiger partial charge >= 0.3 is 0 Å². The number of thioether (sulfide) groups is 1. The summed E-state index contributed by atoms with van der Waals surface area (Å²) in [5.74, 6) is 1.22. The molecule has 0 fully saturated rings. The lowest BCUT2D eigenvalue weighted by Crippen LogP contribution is -2.26. The van der Waals surface area contributed by atoms with Crippen LogP contribution in [0, 0.1) is 6.92 Å². The number of aromatic nitrogens is 2. The van der Waals surface area contributed by atoms with Crippen LogP contribution in [0.15, 0.2) is 64.7 Å². The van der Waals surface area contributed by atoms with Crippen LogP contribution in [0.1, 0.15) is 11.1 Å². The maximum atomic E-state index is 12.8. The van der Waals surface area contributed by atoms with E-state index >= 15 is 0 Å². The summed E-state index contributed by atoms with van der Waals surface area (Å²) >= 11 is 1.12. The standard InChI is InChI=1S/C22H21N3O4S/c1-15-2-4-16(5-3-15)13-24-20(26)14-30-21-22(27)25(9-8-23-21)17-6-7-18-19(12-17)29-11-10-28-18/h2-9,12H,10-11,13-14H2,1H3,(H,24,26). The van der Waals surface area contributed by atoms with Gasteiger partial charge in [0.25, 0.3) is 5.56 Å². The first kappa shape index (κ1) is 20.0. The largest absolute Gasteiger partial charge is 0.486 e. The smallest absolute Gasteiger partial charge is 0.287 e. The summed E-state index contributed by atoms with van der Waals surface area (Å²) < 4.78 is 12.6. The molecule has 0 saturated heterocycles. The molecule has 0 unspecified atom stereocenters. The first-order chi connectivity index (χ1) is 14.6. The van der Waals surface area contributed by atoms with E-state index in [1.807, 2.05) is 31.2 Å². The third-order valence-corrected chi connectivity index (χ3v) is 5.52. The summed E-state index contributed by atoms with van der Waals surface area (Å²) in [6, 6.07) is 13.3. The average Bonchev–Trinajstić information content (AvgIpc) is 2.77. The van der Waals surface area contributed by atoms with Crippen LogP contribution < -0.4 is 20.3 Å². The van der Waals surface area contributed by atoms with E-state index in [0.717, 1.165) is 17.3 Å². The monoisotopic (exact) mass is 423 g/mol. The molecule has 0 bridgehead atoms. The highest BCUT2D eigenvalue weighted by Gasteiger charge is 2.15. The predicted molar refractivity (Wildman–Crippen MR) is 115 cm³/mol. The molecule has 0 saturated carbocycles. The van der Waals surface area contributed by atoms with Crippen molar-refractivity contribution < 1.29 is 14.3 Å². The Hall–Kier alpha value is -3.26. The molecule has 154 valence electrons. The number of fused-ring (bicyclic) bond motifs is 1. The molecule has 0 atom stereocenters. The highest BCUT2D eigenvalue weighted by Crippen LogP contribution is 2.31. The van der Waals surface area contributed by atoms with Crippen molar-refractivity contribution in [3.05, 3.63) is 76.3 Å². The van der Waals surface area contributed by atoms with Crippen LogP contribution in [0.4, 0.5) is 0 Å². The van der Waals surface area contributed by atoms with Gasteiger partial charge in [0.1, 0.15) is 13.2 Å². The van der Waals surface area contributed by atoms with E-state index in [9.17, 15) is 9.59 Å². The molecule has 0 aliphatic carbocycles. The quantitative estimate of drug-likeness (QED) is 0.614. The van der Waals surface area contributed by atoms with Gasteiger partial charge in [-0.05, 0) is 24.6 Å². The second kappa shape index (κ2) is 9.04. The Morgan fingerprint density at radius 3 is 2.70 bits per heavy atom. The van der Waals surface area contributed by atoms with Crippen molar-refractivity contribution in [1.29, 1.82) is 0 Å². The van der Waals surface area contributed by atoms with Gasteiger partial charge in [0.15, 0.2) is 16.5 Å². The lowest BCUT2D eigenvalue weighted by Gasteiger charge is -2.19. The molecule has 0 radical (unpaired) electrons. The number of rotatable bonds is 6. The van der Waals surface area contributed by atoms with E-state index < -0.39 is 0 Å². The van der Waals surface area contributed by atoms with Gasteiger partial charge in [0.05, 0.1) is 11.4 Å². The number of benzene rings is 2. The molecule has 4 rings (SSSR count). The maximum Gasteiger partial charge on any atom is 0.287 e. The fourth-order valence-electron chi connectivity index (χ4n) is 2.97. The number of nitrogens with one attached hydrogen (secondary N) is 1. The fraction of sp³-hybridized carbons (Fsp3) is 0.227. The van der Waals surface area contributed by atoms with E-state index in [2.05, 4.69) is 10.3 Å². The second-order valence-corrected chi connectivity index (χ2v) is 7.75. The molecule has 30 heavy (non-hydrogen) atoms. The summed E-state index contributed by atoms with van der Waals surface area (Å²) in [7, 11) is 0. The van der Waals surface area contributed by atoms with Gasteiger partial charge < -0.3 is 14.8 Å². The van der Waals surface area contributed by atoms with Crippen molar-refractivity contribution in [1.82, 2.24) is 14.9 Å². The average molecular weight is 423 g/mol. The normalized spacial score (nSPS) is 12.4. The topological polar surface area (TPSA) is 82.5 Å². The molecule has 7 nitrogen and oxygen atoms in total. The SMILES string of the molecule is Cc1ccc(CNC(=O)CSc2nccn(-c3ccc4c(c3)OCCO4)c2=O)cc1. The van der Waals surface area contributed by atoms with E-state index in [-0.39, 0.29) is 22.2 Å². The number of carbonyl (C=O) groups excluding carboxylic acids is 1. The van der Waals surface area contributed by atoms with Crippen molar-refractivity contribution in [2.24, 2.45) is 0 Å². The second-order valence-electron chi connectivity index (χ2n) is 6.79. The number of ether oxygens (including phenoxy) is 2. The van der Waals surface area contributed by atoms with Gasteiger partial charge in [-0.25, -0.2) is 4.98 Å². The molecule has 3 aromatic rings. The first-order valence-electron chi connectivity index (χ1n) is 9.53. The fourth-order valence-corrected chi connectivity index (χ4v) is 3.70. The highest BCUT2D eigenvalue weighted by atomic mass is 32.2. The molecular formula is C22H21N3O4S. The minimum Gasteiger partial charge on any atom is -0.486 e. The van der Waals surface area contributed by atoms with Crippen molar-refractivity contribution >= 4 is 17.7 Å². The van der Waals surface area contributed by atoms with Gasteiger partial charge in [0, 0.05) is 25.0 Å². The van der Waals surface area contributed by atoms with Gasteiger partial charge in [0.2, 0.25) is 5.91 Å². The Morgan fingerprint density at radius 2 is 1.90 bits per heavy atom. The molecule has 1 N–H and O–H groups in total. The van der Waals surface area contributed by atoms with Crippen LogP contribution in [0.25, 0.3) is 5.69 Å². The summed E-state index contributed by atoms with van der Waals surface area (Å²) in [4.78, 5) is 29.2. The number of nitrogens with zero attached hydrogens (tertiary/aromatic N) is 2. The van der Waals surface area contributed by atoms with Crippen LogP contribution in [0.5, 0.6) is 11.5 Å². The number of carbonyl (C=O) groups is 1. The Bertz CT molecular complexity index is 1110. The number of hydrogen-bond donors (Lipinski definition) is 1. The maximum absolute atomic E-state index is 12.8. The molecule has 1 aliphatic rings. The molecule has 1 aliphatic heterocycles. The molecule has 0 spiro atoms. The number of amides is 1. The van der Waals surface area contributed by atoms with E-state index in [0.29, 0.717) is 36.9 Å². The van der Waals surface area contributed by atoms with Crippen molar-refractivity contribution in [2.45, 2.75) is 18.5 Å². The number of aryl methyl sites for hydroxylation is 1. The van der Waals surface area contributed by atoms with E-state index in [4.69, 9.17) is 9.47 Å². The molecule has 2 heterocycles. The third kappa shape index (κ3) is 4.65. The van der Waals surface area contributed by atoms with Crippen LogP contribution in [0.3, 0.4) is 0 Å². The first-order valence-corrected chi connectivity index (χ1v) is 10.5. The summed E-state index contributed by atoms with van der Waals surface area (Å²) in [6.07, 6.45) is 3.14. The van der Waals surface area contributed by atoms with Crippen LogP contribution in [0.2, 0.25) is 0 Å². The lowest BCUT2D eigenvalue weighted by molar-refractivity contribution is -0.118. The minimum atomic E-state index is -0.287. The van der Waals surface area contributed by atoms with E-state index in [1.165, 1.54) is 10.1 Å². The summed E-state index contributed by atoms with van der Waals surface area (Å²) in [5, 5.41) is 3.12. The molecule has 8 heteroatoms. The van der Waals surface area contributed by atoms with Crippen LogP contribution in [-0.4, -0.2) is 34.4 Å². The Kier molecular flexibility index (Phi) is 6.04. The summed E-state index contributed by atoms with van der Waals surface area (Å²) in [6.45, 7) is 3.45. The Balaban J connectivity index is 1.41. The zero-order chi connectivity index (χ0) is 20.9. The Morgan fingerprint density at radius 1 is 1.13 bits per heavy atom. The highest BCUT2D eigenvalue weighted by molar-refractivity contribution is 7.99. The van der Waals surface area contributed by atoms with Crippen molar-refractivity contribution in [3.8, 4) is 17.2 Å². The third-order valence-electron chi connectivity index (χ3n) is 4.56. The van der Waals surface area contributed by atoms with Gasteiger partial charge in [-0.2, -0.15) is 0 Å². The summed E-state index contributed by atoms with van der Waals surface area (Å²) in [5.41, 5.74) is 2.56. The van der Waals surface area contributed by atoms with Gasteiger partial charge in [-0.3, -0.25) is 14.2 Å². The number of hydrogen-bond acceptors (Lipinski definition) is 6. The van der Waals surface area contributed by atoms with Crippen LogP contribution >= 0.6 is 11.8 Å². The minimum absolute atomic E-state index is 0.110. The van der Waals surface area contributed by atoms with Crippen molar-refractivity contribution in [2.75, 3.05) is 19.0 Å².